The fourth-order valence-corrected chi connectivity index (χ4v) is 3.13. The minimum absolute atomic E-state index is 0.321. The van der Waals surface area contributed by atoms with Crippen LogP contribution in [0.4, 0.5) is 4.79 Å². The molecule has 1 aromatic carbocycles. The number of nitrogens with one attached hydrogen (secondary N) is 3. The van der Waals surface area contributed by atoms with Crippen molar-refractivity contribution in [1.82, 2.24) is 25.4 Å². The van der Waals surface area contributed by atoms with Crippen LogP contribution in [0.25, 0.3) is 0 Å². The molecule has 8 nitrogen and oxygen atoms in total. The van der Waals surface area contributed by atoms with Gasteiger partial charge in [0, 0.05) is 13.6 Å². The smallest absolute Gasteiger partial charge is 0.341 e. The molecule has 0 spiro atoms. The van der Waals surface area contributed by atoms with Crippen LogP contribution in [0.15, 0.2) is 40.3 Å². The number of rotatable bonds is 6. The van der Waals surface area contributed by atoms with Crippen molar-refractivity contribution in [3.63, 3.8) is 0 Å². The number of thioether (sulfide) groups is 1. The SMILES string of the molecule is CCCn1c(S[C@H](C(=O)NC(=O)NC)c2ccccc2)n[nH]c1=O. The van der Waals surface area contributed by atoms with E-state index in [4.69, 9.17) is 0 Å². The van der Waals surface area contributed by atoms with Crippen LogP contribution in [-0.2, 0) is 11.3 Å². The maximum Gasteiger partial charge on any atom is 0.343 e. The van der Waals surface area contributed by atoms with E-state index in [-0.39, 0.29) is 5.69 Å². The molecule has 3 N–H and O–H groups in total. The first-order valence-electron chi connectivity index (χ1n) is 7.46. The number of carbonyl (C=O) groups is 2. The number of hydrogen-bond donors (Lipinski definition) is 3. The Balaban J connectivity index is 2.31. The number of nitrogens with zero attached hydrogens (tertiary/aromatic N) is 2. The van der Waals surface area contributed by atoms with Crippen LogP contribution in [0.2, 0.25) is 0 Å². The Bertz CT molecular complexity index is 756. The van der Waals surface area contributed by atoms with Crippen molar-refractivity contribution in [2.75, 3.05) is 7.05 Å². The molecule has 1 aromatic heterocycles. The van der Waals surface area contributed by atoms with Gasteiger partial charge in [-0.25, -0.2) is 14.7 Å². The lowest BCUT2D eigenvalue weighted by Crippen LogP contribution is -2.39. The molecule has 1 heterocycles. The second kappa shape index (κ2) is 8.34. The van der Waals surface area contributed by atoms with Crippen LogP contribution in [0.3, 0.4) is 0 Å². The van der Waals surface area contributed by atoms with Gasteiger partial charge in [0.1, 0.15) is 5.25 Å². The minimum atomic E-state index is -0.714. The summed E-state index contributed by atoms with van der Waals surface area (Å²) in [6.45, 7) is 2.44. The Morgan fingerprint density at radius 1 is 1.33 bits per heavy atom. The topological polar surface area (TPSA) is 109 Å². The molecular weight excluding hydrogens is 330 g/mol. The zero-order valence-corrected chi connectivity index (χ0v) is 14.2. The summed E-state index contributed by atoms with van der Waals surface area (Å²) in [6.07, 6.45) is 0.757. The highest BCUT2D eigenvalue weighted by Crippen LogP contribution is 2.33. The van der Waals surface area contributed by atoms with Crippen molar-refractivity contribution < 1.29 is 9.59 Å². The van der Waals surface area contributed by atoms with Gasteiger partial charge in [0.25, 0.3) is 0 Å². The van der Waals surface area contributed by atoms with Crippen LogP contribution in [0.5, 0.6) is 0 Å². The predicted octanol–water partition coefficient (Wildman–Crippen LogP) is 1.27. The molecule has 0 unspecified atom stereocenters. The van der Waals surface area contributed by atoms with E-state index in [1.54, 1.807) is 24.3 Å². The lowest BCUT2D eigenvalue weighted by molar-refractivity contribution is -0.119. The van der Waals surface area contributed by atoms with Gasteiger partial charge in [-0.2, -0.15) is 0 Å². The first kappa shape index (κ1) is 17.8. The van der Waals surface area contributed by atoms with Crippen LogP contribution < -0.4 is 16.3 Å². The molecule has 0 bridgehead atoms. The molecule has 2 rings (SSSR count). The first-order chi connectivity index (χ1) is 11.6. The molecule has 0 saturated carbocycles. The molecule has 0 aliphatic carbocycles. The normalized spacial score (nSPS) is 11.8. The van der Waals surface area contributed by atoms with E-state index in [2.05, 4.69) is 20.8 Å². The van der Waals surface area contributed by atoms with Gasteiger partial charge < -0.3 is 5.32 Å². The van der Waals surface area contributed by atoms with Crippen molar-refractivity contribution in [3.8, 4) is 0 Å². The molecule has 0 fully saturated rings. The second-order valence-electron chi connectivity index (χ2n) is 4.94. The van der Waals surface area contributed by atoms with Gasteiger partial charge in [0.15, 0.2) is 5.16 Å². The van der Waals surface area contributed by atoms with Gasteiger partial charge in [-0.15, -0.1) is 5.10 Å². The summed E-state index contributed by atoms with van der Waals surface area (Å²) in [6, 6.07) is 8.43. The average Bonchev–Trinajstić information content (AvgIpc) is 2.93. The van der Waals surface area contributed by atoms with Gasteiger partial charge in [-0.3, -0.25) is 14.7 Å². The van der Waals surface area contributed by atoms with Crippen molar-refractivity contribution >= 4 is 23.7 Å². The quantitative estimate of drug-likeness (QED) is 0.681. The summed E-state index contributed by atoms with van der Waals surface area (Å²) in [5.41, 5.74) is 0.389. The third-order valence-electron chi connectivity index (χ3n) is 3.20. The van der Waals surface area contributed by atoms with E-state index in [1.165, 1.54) is 11.6 Å². The van der Waals surface area contributed by atoms with Crippen molar-refractivity contribution in [2.24, 2.45) is 0 Å². The van der Waals surface area contributed by atoms with Crippen LogP contribution in [0, 0.1) is 0 Å². The average molecular weight is 349 g/mol. The number of amides is 3. The Hall–Kier alpha value is -2.55. The number of benzene rings is 1. The maximum absolute atomic E-state index is 12.5. The van der Waals surface area contributed by atoms with E-state index < -0.39 is 17.2 Å². The summed E-state index contributed by atoms with van der Waals surface area (Å²) in [4.78, 5) is 35.7. The maximum atomic E-state index is 12.5. The molecule has 9 heteroatoms. The van der Waals surface area contributed by atoms with Crippen molar-refractivity contribution in [2.45, 2.75) is 30.3 Å². The number of H-pyrrole nitrogens is 1. The van der Waals surface area contributed by atoms with Crippen LogP contribution in [0.1, 0.15) is 24.2 Å². The molecule has 0 saturated heterocycles. The van der Waals surface area contributed by atoms with Gasteiger partial charge in [-0.1, -0.05) is 49.0 Å². The summed E-state index contributed by atoms with van der Waals surface area (Å²) < 4.78 is 1.48. The van der Waals surface area contributed by atoms with E-state index in [0.717, 1.165) is 18.2 Å². The van der Waals surface area contributed by atoms with Crippen molar-refractivity contribution in [1.29, 1.82) is 0 Å². The summed E-state index contributed by atoms with van der Waals surface area (Å²) in [5.74, 6) is -0.482. The molecule has 24 heavy (non-hydrogen) atoms. The second-order valence-corrected chi connectivity index (χ2v) is 6.01. The summed E-state index contributed by atoms with van der Waals surface area (Å²) in [7, 11) is 1.43. The van der Waals surface area contributed by atoms with Gasteiger partial charge in [0.05, 0.1) is 0 Å². The molecule has 0 aliphatic heterocycles. The Kier molecular flexibility index (Phi) is 6.19. The minimum Gasteiger partial charge on any atom is -0.341 e. The van der Waals surface area contributed by atoms with E-state index >= 15 is 0 Å². The first-order valence-corrected chi connectivity index (χ1v) is 8.34. The van der Waals surface area contributed by atoms with Crippen LogP contribution >= 0.6 is 11.8 Å². The lowest BCUT2D eigenvalue weighted by Gasteiger charge is -2.16. The predicted molar refractivity (Wildman–Crippen MR) is 90.8 cm³/mol. The van der Waals surface area contributed by atoms with Gasteiger partial charge in [0.2, 0.25) is 5.91 Å². The largest absolute Gasteiger partial charge is 0.343 e. The van der Waals surface area contributed by atoms with Gasteiger partial charge in [-0.05, 0) is 12.0 Å². The number of urea groups is 1. The third-order valence-corrected chi connectivity index (χ3v) is 4.44. The molecule has 0 radical (unpaired) electrons. The highest BCUT2D eigenvalue weighted by atomic mass is 32.2. The molecule has 128 valence electrons. The highest BCUT2D eigenvalue weighted by molar-refractivity contribution is 8.00. The molecule has 3 amide bonds. The van der Waals surface area contributed by atoms with Crippen molar-refractivity contribution in [3.05, 3.63) is 46.4 Å². The summed E-state index contributed by atoms with van der Waals surface area (Å²) >= 11 is 1.12. The fraction of sp³-hybridized carbons (Fsp3) is 0.333. The Morgan fingerprint density at radius 2 is 2.04 bits per heavy atom. The van der Waals surface area contributed by atoms with E-state index in [9.17, 15) is 14.4 Å². The van der Waals surface area contributed by atoms with E-state index in [1.807, 2.05) is 13.0 Å². The number of hydrogen-bond acceptors (Lipinski definition) is 5. The monoisotopic (exact) mass is 349 g/mol. The Morgan fingerprint density at radius 3 is 2.67 bits per heavy atom. The zero-order valence-electron chi connectivity index (χ0n) is 13.4. The fourth-order valence-electron chi connectivity index (χ4n) is 2.06. The summed E-state index contributed by atoms with van der Waals surface area (Å²) in [5, 5.41) is 10.7. The lowest BCUT2D eigenvalue weighted by atomic mass is 10.1. The highest BCUT2D eigenvalue weighted by Gasteiger charge is 2.26. The molecule has 1 atom stereocenters. The number of aromatic amines is 1. The van der Waals surface area contributed by atoms with Crippen LogP contribution in [-0.4, -0.2) is 33.8 Å². The number of carbonyl (C=O) groups excluding carboxylic acids is 2. The molecule has 0 aliphatic rings. The Labute approximate surface area is 143 Å². The number of imide groups is 1. The van der Waals surface area contributed by atoms with Gasteiger partial charge >= 0.3 is 11.7 Å². The number of aromatic nitrogens is 3. The molecule has 2 aromatic rings. The third kappa shape index (κ3) is 4.25. The zero-order chi connectivity index (χ0) is 17.5. The van der Waals surface area contributed by atoms with E-state index in [0.29, 0.717) is 17.3 Å². The standard InChI is InChI=1S/C15H19N5O3S/c1-3-9-20-14(23)18-19-15(20)24-11(10-7-5-4-6-8-10)12(21)17-13(22)16-2/h4-8,11H,3,9H2,1-2H3,(H,18,23)(H2,16,17,21,22)/t11-/m0/s1. The molecular formula is C15H19N5O3S.